The number of carbonyl (C=O) groups excluding carboxylic acids is 2. The number of hydrogen-bond acceptors (Lipinski definition) is 6. The number of hydrogen-bond donors (Lipinski definition) is 0. The maximum absolute atomic E-state index is 12.1. The monoisotopic (exact) mass is 384 g/mol. The fourth-order valence-corrected chi connectivity index (χ4v) is 2.59. The fourth-order valence-electron chi connectivity index (χ4n) is 1.96. The summed E-state index contributed by atoms with van der Waals surface area (Å²) < 4.78 is 55.9. The van der Waals surface area contributed by atoms with Gasteiger partial charge in [0.1, 0.15) is 5.75 Å². The molecule has 0 spiro atoms. The Balaban J connectivity index is 1.95. The van der Waals surface area contributed by atoms with E-state index in [0.29, 0.717) is 0 Å². The third-order valence-corrected chi connectivity index (χ3v) is 4.38. The van der Waals surface area contributed by atoms with Gasteiger partial charge in [-0.05, 0) is 48.5 Å². The number of rotatable bonds is 7. The molecule has 0 radical (unpaired) electrons. The summed E-state index contributed by atoms with van der Waals surface area (Å²) in [7, 11) is -3.38. The van der Waals surface area contributed by atoms with E-state index in [0.717, 1.165) is 6.26 Å². The second-order valence-corrected chi connectivity index (χ2v) is 7.21. The SMILES string of the molecule is CS(=O)(=O)c1ccc(C(=O)OCC(=O)c2ccc(OC(F)F)cc2)cc1. The van der Waals surface area contributed by atoms with Crippen molar-refractivity contribution in [2.24, 2.45) is 0 Å². The molecule has 9 heteroatoms. The molecule has 0 heterocycles. The molecule has 0 bridgehead atoms. The van der Waals surface area contributed by atoms with Gasteiger partial charge >= 0.3 is 12.6 Å². The van der Waals surface area contributed by atoms with Crippen LogP contribution in [0.1, 0.15) is 20.7 Å². The Hall–Kier alpha value is -2.81. The molecule has 26 heavy (non-hydrogen) atoms. The van der Waals surface area contributed by atoms with Crippen molar-refractivity contribution in [3.8, 4) is 5.75 Å². The van der Waals surface area contributed by atoms with E-state index in [-0.39, 0.29) is 21.8 Å². The first kappa shape index (κ1) is 19.5. The van der Waals surface area contributed by atoms with Gasteiger partial charge < -0.3 is 9.47 Å². The minimum atomic E-state index is -3.38. The van der Waals surface area contributed by atoms with Crippen molar-refractivity contribution in [1.82, 2.24) is 0 Å². The first-order valence-corrected chi connectivity index (χ1v) is 9.11. The standard InChI is InChI=1S/C17H14F2O6S/c1-26(22,23)14-8-4-12(5-9-14)16(21)24-10-15(20)11-2-6-13(7-3-11)25-17(18)19/h2-9,17H,10H2,1H3. The van der Waals surface area contributed by atoms with E-state index in [1.165, 1.54) is 48.5 Å². The highest BCUT2D eigenvalue weighted by Crippen LogP contribution is 2.16. The second kappa shape index (κ2) is 8.05. The summed E-state index contributed by atoms with van der Waals surface area (Å²) in [5.74, 6) is -1.43. The Kier molecular flexibility index (Phi) is 6.04. The van der Waals surface area contributed by atoms with Gasteiger partial charge in [-0.25, -0.2) is 13.2 Å². The molecule has 0 atom stereocenters. The maximum Gasteiger partial charge on any atom is 0.387 e. The number of alkyl halides is 2. The van der Waals surface area contributed by atoms with Gasteiger partial charge in [0.05, 0.1) is 10.5 Å². The third kappa shape index (κ3) is 5.35. The highest BCUT2D eigenvalue weighted by atomic mass is 32.2. The highest BCUT2D eigenvalue weighted by molar-refractivity contribution is 7.90. The number of Topliss-reactive ketones (excluding diaryl/α,β-unsaturated/α-hetero) is 1. The van der Waals surface area contributed by atoms with Crippen molar-refractivity contribution >= 4 is 21.6 Å². The fraction of sp³-hybridized carbons (Fsp3) is 0.176. The van der Waals surface area contributed by atoms with Gasteiger partial charge in [0.25, 0.3) is 0 Å². The van der Waals surface area contributed by atoms with Crippen LogP contribution in [0, 0.1) is 0 Å². The maximum atomic E-state index is 12.1. The van der Waals surface area contributed by atoms with Crippen LogP contribution in [-0.4, -0.2) is 39.6 Å². The zero-order valence-electron chi connectivity index (χ0n) is 13.5. The van der Waals surface area contributed by atoms with Crippen molar-refractivity contribution in [2.75, 3.05) is 12.9 Å². The second-order valence-electron chi connectivity index (χ2n) is 5.20. The van der Waals surface area contributed by atoms with Crippen LogP contribution in [0.5, 0.6) is 5.75 Å². The van der Waals surface area contributed by atoms with Crippen LogP contribution in [-0.2, 0) is 14.6 Å². The number of halogens is 2. The predicted octanol–water partition coefficient (Wildman–Crippen LogP) is 2.73. The zero-order valence-corrected chi connectivity index (χ0v) is 14.3. The zero-order chi connectivity index (χ0) is 19.3. The number of esters is 1. The van der Waals surface area contributed by atoms with Crippen LogP contribution in [0.2, 0.25) is 0 Å². The summed E-state index contributed by atoms with van der Waals surface area (Å²) in [6.45, 7) is -3.52. The summed E-state index contributed by atoms with van der Waals surface area (Å²) in [6, 6.07) is 10.0. The van der Waals surface area contributed by atoms with Crippen LogP contribution in [0.3, 0.4) is 0 Å². The first-order chi connectivity index (χ1) is 12.2. The Bertz CT molecular complexity index is 890. The van der Waals surface area contributed by atoms with Crippen molar-refractivity contribution in [2.45, 2.75) is 11.5 Å². The minimum Gasteiger partial charge on any atom is -0.454 e. The average Bonchev–Trinajstić information content (AvgIpc) is 2.59. The van der Waals surface area contributed by atoms with Gasteiger partial charge in [-0.1, -0.05) is 0 Å². The summed E-state index contributed by atoms with van der Waals surface area (Å²) in [5, 5.41) is 0. The molecule has 2 rings (SSSR count). The van der Waals surface area contributed by atoms with E-state index in [1.54, 1.807) is 0 Å². The lowest BCUT2D eigenvalue weighted by Gasteiger charge is -2.07. The molecule has 0 saturated heterocycles. The molecule has 138 valence electrons. The molecule has 0 saturated carbocycles. The molecule has 0 unspecified atom stereocenters. The Morgan fingerprint density at radius 1 is 0.962 bits per heavy atom. The van der Waals surface area contributed by atoms with Crippen molar-refractivity contribution < 1.29 is 36.3 Å². The van der Waals surface area contributed by atoms with E-state index in [2.05, 4.69) is 4.74 Å². The van der Waals surface area contributed by atoms with E-state index in [9.17, 15) is 26.8 Å². The van der Waals surface area contributed by atoms with E-state index < -0.39 is 34.8 Å². The van der Waals surface area contributed by atoms with E-state index >= 15 is 0 Å². The molecule has 0 fully saturated rings. The van der Waals surface area contributed by atoms with Crippen LogP contribution >= 0.6 is 0 Å². The van der Waals surface area contributed by atoms with E-state index in [1.807, 2.05) is 0 Å². The molecule has 2 aromatic carbocycles. The topological polar surface area (TPSA) is 86.7 Å². The predicted molar refractivity (Wildman–Crippen MR) is 87.2 cm³/mol. The summed E-state index contributed by atoms with van der Waals surface area (Å²) >= 11 is 0. The minimum absolute atomic E-state index is 0.0521. The smallest absolute Gasteiger partial charge is 0.387 e. The Morgan fingerprint density at radius 3 is 2.00 bits per heavy atom. The Labute approximate surface area is 148 Å². The van der Waals surface area contributed by atoms with Gasteiger partial charge in [-0.3, -0.25) is 4.79 Å². The lowest BCUT2D eigenvalue weighted by atomic mass is 10.1. The van der Waals surface area contributed by atoms with Crippen molar-refractivity contribution in [3.05, 3.63) is 59.7 Å². The molecule has 0 N–H and O–H groups in total. The highest BCUT2D eigenvalue weighted by Gasteiger charge is 2.14. The van der Waals surface area contributed by atoms with Crippen LogP contribution < -0.4 is 4.74 Å². The largest absolute Gasteiger partial charge is 0.454 e. The van der Waals surface area contributed by atoms with Crippen LogP contribution in [0.4, 0.5) is 8.78 Å². The van der Waals surface area contributed by atoms with Crippen molar-refractivity contribution in [1.29, 1.82) is 0 Å². The normalized spacial score (nSPS) is 11.2. The molecule has 0 amide bonds. The lowest BCUT2D eigenvalue weighted by molar-refractivity contribution is -0.0498. The number of benzene rings is 2. The molecule has 0 aromatic heterocycles. The van der Waals surface area contributed by atoms with Crippen molar-refractivity contribution in [3.63, 3.8) is 0 Å². The number of carbonyl (C=O) groups is 2. The average molecular weight is 384 g/mol. The number of ketones is 1. The third-order valence-electron chi connectivity index (χ3n) is 3.25. The first-order valence-electron chi connectivity index (χ1n) is 7.22. The molecular weight excluding hydrogens is 370 g/mol. The molecule has 2 aromatic rings. The molecule has 6 nitrogen and oxygen atoms in total. The molecule has 0 aliphatic rings. The summed E-state index contributed by atoms with van der Waals surface area (Å²) in [5.41, 5.74) is 0.248. The molecule has 0 aliphatic carbocycles. The Morgan fingerprint density at radius 2 is 1.50 bits per heavy atom. The van der Waals surface area contributed by atoms with Gasteiger partial charge in [0.2, 0.25) is 0 Å². The van der Waals surface area contributed by atoms with E-state index in [4.69, 9.17) is 4.74 Å². The quantitative estimate of drug-likeness (QED) is 0.539. The van der Waals surface area contributed by atoms with Gasteiger partial charge in [-0.15, -0.1) is 0 Å². The number of sulfone groups is 1. The van der Waals surface area contributed by atoms with Gasteiger partial charge in [-0.2, -0.15) is 8.78 Å². The van der Waals surface area contributed by atoms with Crippen LogP contribution in [0.25, 0.3) is 0 Å². The van der Waals surface area contributed by atoms with Crippen LogP contribution in [0.15, 0.2) is 53.4 Å². The van der Waals surface area contributed by atoms with Gasteiger partial charge in [0, 0.05) is 11.8 Å². The molecular formula is C17H14F2O6S. The lowest BCUT2D eigenvalue weighted by Crippen LogP contribution is -2.14. The van der Waals surface area contributed by atoms with Gasteiger partial charge in [0.15, 0.2) is 22.2 Å². The number of ether oxygens (including phenoxy) is 2. The summed E-state index contributed by atoms with van der Waals surface area (Å²) in [6.07, 6.45) is 1.04. The summed E-state index contributed by atoms with van der Waals surface area (Å²) in [4.78, 5) is 23.9. The molecule has 0 aliphatic heterocycles.